The van der Waals surface area contributed by atoms with Crippen LogP contribution in [0.3, 0.4) is 0 Å². The first-order chi connectivity index (χ1) is 11.0. The molecule has 1 saturated heterocycles. The lowest BCUT2D eigenvalue weighted by atomic mass is 9.99. The molecule has 122 valence electrons. The highest BCUT2D eigenvalue weighted by molar-refractivity contribution is 6.30. The first-order valence-corrected chi connectivity index (χ1v) is 8.34. The van der Waals surface area contributed by atoms with Gasteiger partial charge in [0.2, 0.25) is 5.91 Å². The Hall–Kier alpha value is -1.81. The fraction of sp³-hybridized carbons (Fsp3) is 0.444. The van der Waals surface area contributed by atoms with Crippen molar-refractivity contribution in [3.8, 4) is 0 Å². The van der Waals surface area contributed by atoms with Crippen LogP contribution in [0.5, 0.6) is 0 Å². The Morgan fingerprint density at radius 3 is 2.74 bits per heavy atom. The molecule has 1 aromatic heterocycles. The number of nitrogens with zero attached hydrogens (tertiary/aromatic N) is 2. The number of amides is 1. The van der Waals surface area contributed by atoms with Crippen LogP contribution in [0.2, 0.25) is 5.02 Å². The molecule has 1 atom stereocenters. The molecule has 1 aliphatic heterocycles. The van der Waals surface area contributed by atoms with Crippen LogP contribution in [0.25, 0.3) is 0 Å². The van der Waals surface area contributed by atoms with E-state index < -0.39 is 0 Å². The van der Waals surface area contributed by atoms with Gasteiger partial charge in [-0.1, -0.05) is 28.9 Å². The molecule has 2 aromatic rings. The number of hydrogen-bond donors (Lipinski definition) is 0. The van der Waals surface area contributed by atoms with Crippen LogP contribution in [0.1, 0.15) is 29.0 Å². The summed E-state index contributed by atoms with van der Waals surface area (Å²) in [6.45, 7) is 5.40. The molecule has 1 aromatic carbocycles. The van der Waals surface area contributed by atoms with Gasteiger partial charge >= 0.3 is 0 Å². The zero-order valence-corrected chi connectivity index (χ0v) is 14.3. The fourth-order valence-corrected chi connectivity index (χ4v) is 3.32. The van der Waals surface area contributed by atoms with Gasteiger partial charge in [0.1, 0.15) is 5.76 Å². The predicted molar refractivity (Wildman–Crippen MR) is 89.5 cm³/mol. The normalized spacial score (nSPS) is 17.7. The summed E-state index contributed by atoms with van der Waals surface area (Å²) in [5.74, 6) is 1.43. The van der Waals surface area contributed by atoms with Crippen LogP contribution in [-0.4, -0.2) is 29.1 Å². The maximum Gasteiger partial charge on any atom is 0.227 e. The summed E-state index contributed by atoms with van der Waals surface area (Å²) in [4.78, 5) is 14.5. The summed E-state index contributed by atoms with van der Waals surface area (Å²) in [5.41, 5.74) is 3.02. The second-order valence-corrected chi connectivity index (χ2v) is 6.74. The molecule has 0 N–H and O–H groups in total. The van der Waals surface area contributed by atoms with E-state index in [1.807, 2.05) is 30.9 Å². The monoisotopic (exact) mass is 332 g/mol. The van der Waals surface area contributed by atoms with E-state index in [0.29, 0.717) is 12.3 Å². The molecule has 1 aliphatic rings. The topological polar surface area (TPSA) is 46.3 Å². The summed E-state index contributed by atoms with van der Waals surface area (Å²) in [5, 5.41) is 4.68. The zero-order valence-electron chi connectivity index (χ0n) is 13.5. The second kappa shape index (κ2) is 6.75. The van der Waals surface area contributed by atoms with E-state index in [2.05, 4.69) is 17.3 Å². The van der Waals surface area contributed by atoms with E-state index in [9.17, 15) is 4.79 Å². The zero-order chi connectivity index (χ0) is 16.4. The summed E-state index contributed by atoms with van der Waals surface area (Å²) in [7, 11) is 0. The van der Waals surface area contributed by atoms with Crippen molar-refractivity contribution < 1.29 is 9.32 Å². The van der Waals surface area contributed by atoms with Crippen LogP contribution in [0.4, 0.5) is 0 Å². The van der Waals surface area contributed by atoms with Crippen molar-refractivity contribution in [3.63, 3.8) is 0 Å². The van der Waals surface area contributed by atoms with E-state index in [1.165, 1.54) is 5.56 Å². The van der Waals surface area contributed by atoms with Crippen molar-refractivity contribution in [2.24, 2.45) is 5.92 Å². The number of aryl methyl sites for hydroxylation is 2. The Balaban J connectivity index is 1.56. The first-order valence-electron chi connectivity index (χ1n) is 7.97. The summed E-state index contributed by atoms with van der Waals surface area (Å²) < 4.78 is 5.14. The smallest absolute Gasteiger partial charge is 0.227 e. The lowest BCUT2D eigenvalue weighted by Gasteiger charge is -2.16. The number of benzene rings is 1. The number of carbonyl (C=O) groups excluding carboxylic acids is 1. The summed E-state index contributed by atoms with van der Waals surface area (Å²) in [6, 6.07) is 7.98. The molecule has 0 bridgehead atoms. The fourth-order valence-electron chi connectivity index (χ4n) is 3.20. The van der Waals surface area contributed by atoms with Crippen LogP contribution < -0.4 is 0 Å². The maximum atomic E-state index is 12.5. The summed E-state index contributed by atoms with van der Waals surface area (Å²) in [6.07, 6.45) is 2.43. The molecule has 0 radical (unpaired) electrons. The minimum atomic E-state index is 0.165. The number of rotatable bonds is 4. The van der Waals surface area contributed by atoms with Crippen LogP contribution in [0.15, 0.2) is 28.8 Å². The van der Waals surface area contributed by atoms with Gasteiger partial charge in [-0.25, -0.2) is 0 Å². The average molecular weight is 333 g/mol. The highest BCUT2D eigenvalue weighted by atomic mass is 35.5. The molecular weight excluding hydrogens is 312 g/mol. The number of hydrogen-bond acceptors (Lipinski definition) is 3. The van der Waals surface area contributed by atoms with Gasteiger partial charge < -0.3 is 9.42 Å². The minimum absolute atomic E-state index is 0.165. The molecule has 5 heteroatoms. The van der Waals surface area contributed by atoms with Gasteiger partial charge in [-0.3, -0.25) is 4.79 Å². The molecular formula is C18H21ClN2O2. The van der Waals surface area contributed by atoms with Crippen molar-refractivity contribution >= 4 is 17.5 Å². The molecule has 23 heavy (non-hydrogen) atoms. The largest absolute Gasteiger partial charge is 0.361 e. The van der Waals surface area contributed by atoms with E-state index in [0.717, 1.165) is 48.0 Å². The van der Waals surface area contributed by atoms with Crippen LogP contribution in [-0.2, 0) is 17.6 Å². The summed E-state index contributed by atoms with van der Waals surface area (Å²) >= 11 is 5.92. The maximum absolute atomic E-state index is 12.5. The lowest BCUT2D eigenvalue weighted by Crippen LogP contribution is -2.30. The third-order valence-electron chi connectivity index (χ3n) is 4.59. The number of halogens is 1. The van der Waals surface area contributed by atoms with Gasteiger partial charge in [-0.15, -0.1) is 0 Å². The number of likely N-dealkylation sites (tertiary alicyclic amines) is 1. The standard InChI is InChI=1S/C18H21ClN2O2/c1-12-17(13(2)23-20-12)10-18(22)21-8-7-15(11-21)9-14-3-5-16(19)6-4-14/h3-6,15H,7-11H2,1-2H3. The van der Waals surface area contributed by atoms with Crippen molar-refractivity contribution in [2.45, 2.75) is 33.1 Å². The lowest BCUT2D eigenvalue weighted by molar-refractivity contribution is -0.129. The molecule has 2 heterocycles. The van der Waals surface area contributed by atoms with Crippen molar-refractivity contribution in [2.75, 3.05) is 13.1 Å². The molecule has 1 fully saturated rings. The van der Waals surface area contributed by atoms with Gasteiger partial charge in [-0.2, -0.15) is 0 Å². The van der Waals surface area contributed by atoms with E-state index in [-0.39, 0.29) is 5.91 Å². The molecule has 0 spiro atoms. The average Bonchev–Trinajstić information content (AvgIpc) is 3.11. The van der Waals surface area contributed by atoms with Crippen LogP contribution >= 0.6 is 11.6 Å². The van der Waals surface area contributed by atoms with Gasteiger partial charge in [0.25, 0.3) is 0 Å². The molecule has 3 rings (SSSR count). The van der Waals surface area contributed by atoms with Gasteiger partial charge in [0.05, 0.1) is 12.1 Å². The molecule has 4 nitrogen and oxygen atoms in total. The highest BCUT2D eigenvalue weighted by Crippen LogP contribution is 2.23. The Bertz CT molecular complexity index is 674. The van der Waals surface area contributed by atoms with Gasteiger partial charge in [0.15, 0.2) is 0 Å². The SMILES string of the molecule is Cc1noc(C)c1CC(=O)N1CCC(Cc2ccc(Cl)cc2)C1. The molecule has 0 aliphatic carbocycles. The van der Waals surface area contributed by atoms with E-state index in [1.54, 1.807) is 0 Å². The Labute approximate surface area is 141 Å². The minimum Gasteiger partial charge on any atom is -0.361 e. The Morgan fingerprint density at radius 1 is 1.35 bits per heavy atom. The predicted octanol–water partition coefficient (Wildman–Crippen LogP) is 3.58. The van der Waals surface area contributed by atoms with Crippen molar-refractivity contribution in [3.05, 3.63) is 51.9 Å². The van der Waals surface area contributed by atoms with E-state index >= 15 is 0 Å². The number of aromatic nitrogens is 1. The van der Waals surface area contributed by atoms with E-state index in [4.69, 9.17) is 16.1 Å². The van der Waals surface area contributed by atoms with Crippen molar-refractivity contribution in [1.29, 1.82) is 0 Å². The third kappa shape index (κ3) is 3.75. The van der Waals surface area contributed by atoms with Crippen molar-refractivity contribution in [1.82, 2.24) is 10.1 Å². The quantitative estimate of drug-likeness (QED) is 0.859. The molecule has 0 saturated carbocycles. The van der Waals surface area contributed by atoms with Gasteiger partial charge in [-0.05, 0) is 50.3 Å². The number of carbonyl (C=O) groups is 1. The highest BCUT2D eigenvalue weighted by Gasteiger charge is 2.27. The third-order valence-corrected chi connectivity index (χ3v) is 4.84. The first kappa shape index (κ1) is 16.1. The molecule has 1 amide bonds. The van der Waals surface area contributed by atoms with Gasteiger partial charge in [0, 0.05) is 23.7 Å². The van der Waals surface area contributed by atoms with Crippen LogP contribution in [0, 0.1) is 19.8 Å². The second-order valence-electron chi connectivity index (χ2n) is 6.30. The Kier molecular flexibility index (Phi) is 4.71. The Morgan fingerprint density at radius 2 is 2.09 bits per heavy atom. The molecule has 1 unspecified atom stereocenters.